The lowest BCUT2D eigenvalue weighted by molar-refractivity contribution is 0.0762. The summed E-state index contributed by atoms with van der Waals surface area (Å²) in [5.41, 5.74) is 0.524. The minimum atomic E-state index is -0.681. The van der Waals surface area contributed by atoms with E-state index < -0.39 is 5.60 Å². The fourth-order valence-corrected chi connectivity index (χ4v) is 1.69. The van der Waals surface area contributed by atoms with E-state index in [4.69, 9.17) is 11.6 Å². The third-order valence-corrected chi connectivity index (χ3v) is 2.71. The van der Waals surface area contributed by atoms with Gasteiger partial charge >= 0.3 is 0 Å². The van der Waals surface area contributed by atoms with Crippen molar-refractivity contribution in [3.8, 4) is 0 Å². The van der Waals surface area contributed by atoms with Crippen LogP contribution in [0.2, 0.25) is 5.02 Å². The van der Waals surface area contributed by atoms with Gasteiger partial charge in [-0.3, -0.25) is 0 Å². The molecule has 0 saturated heterocycles. The molecule has 0 radical (unpaired) electrons. The number of hydrogen-bond donors (Lipinski definition) is 2. The van der Waals surface area contributed by atoms with E-state index in [9.17, 15) is 5.11 Å². The molecule has 2 nitrogen and oxygen atoms in total. The van der Waals surface area contributed by atoms with Crippen LogP contribution < -0.4 is 5.32 Å². The Morgan fingerprint density at radius 1 is 1.31 bits per heavy atom. The maximum Gasteiger partial charge on any atom is 0.0715 e. The van der Waals surface area contributed by atoms with Crippen LogP contribution in [0.25, 0.3) is 0 Å². The van der Waals surface area contributed by atoms with E-state index in [0.29, 0.717) is 6.54 Å². The second kappa shape index (κ2) is 5.67. The van der Waals surface area contributed by atoms with Crippen LogP contribution in [-0.2, 0) is 0 Å². The summed E-state index contributed by atoms with van der Waals surface area (Å²) < 4.78 is 0. The normalized spacial score (nSPS) is 13.8. The highest BCUT2D eigenvalue weighted by Crippen LogP contribution is 2.19. The van der Waals surface area contributed by atoms with Gasteiger partial charge in [0.05, 0.1) is 5.60 Å². The number of rotatable bonds is 5. The highest BCUT2D eigenvalue weighted by atomic mass is 35.5. The number of benzene rings is 1. The molecule has 0 saturated carbocycles. The Morgan fingerprint density at radius 2 is 1.88 bits per heavy atom. The van der Waals surface area contributed by atoms with E-state index in [0.717, 1.165) is 11.4 Å². The fraction of sp³-hybridized carbons (Fsp3) is 0.538. The molecule has 16 heavy (non-hydrogen) atoms. The smallest absolute Gasteiger partial charge is 0.0715 e. The predicted molar refractivity (Wildman–Crippen MR) is 68.8 cm³/mol. The van der Waals surface area contributed by atoms with Crippen LogP contribution in [0.3, 0.4) is 0 Å². The Balaban J connectivity index is 2.64. The minimum absolute atomic E-state index is 0.267. The van der Waals surface area contributed by atoms with Gasteiger partial charge in [0.15, 0.2) is 0 Å². The fourth-order valence-electron chi connectivity index (χ4n) is 1.57. The van der Waals surface area contributed by atoms with Crippen LogP contribution in [0, 0.1) is 0 Å². The van der Waals surface area contributed by atoms with Crippen LogP contribution in [0.5, 0.6) is 0 Å². The predicted octanol–water partition coefficient (Wildman–Crippen LogP) is 3.15. The van der Waals surface area contributed by atoms with E-state index in [1.807, 2.05) is 24.3 Å². The summed E-state index contributed by atoms with van der Waals surface area (Å²) in [5.74, 6) is 0. The van der Waals surface area contributed by atoms with Gasteiger partial charge < -0.3 is 10.4 Å². The van der Waals surface area contributed by atoms with Crippen molar-refractivity contribution in [1.82, 2.24) is 5.32 Å². The first-order valence-corrected chi connectivity index (χ1v) is 6.01. The SMILES string of the molecule is CCC(NCC(C)(C)O)c1ccc(Cl)cc1. The van der Waals surface area contributed by atoms with Gasteiger partial charge in [0.2, 0.25) is 0 Å². The van der Waals surface area contributed by atoms with Crippen molar-refractivity contribution in [2.45, 2.75) is 38.8 Å². The molecule has 1 unspecified atom stereocenters. The van der Waals surface area contributed by atoms with E-state index in [2.05, 4.69) is 12.2 Å². The number of hydrogen-bond acceptors (Lipinski definition) is 2. The van der Waals surface area contributed by atoms with Gasteiger partial charge in [-0.25, -0.2) is 0 Å². The Morgan fingerprint density at radius 3 is 2.31 bits per heavy atom. The third kappa shape index (κ3) is 4.52. The molecule has 0 amide bonds. The molecule has 1 atom stereocenters. The Kier molecular flexibility index (Phi) is 4.78. The summed E-state index contributed by atoms with van der Waals surface area (Å²) in [6, 6.07) is 8.10. The first-order chi connectivity index (χ1) is 7.42. The molecule has 0 spiro atoms. The van der Waals surface area contributed by atoms with Crippen LogP contribution in [-0.4, -0.2) is 17.3 Å². The van der Waals surface area contributed by atoms with E-state index in [1.165, 1.54) is 5.56 Å². The van der Waals surface area contributed by atoms with Gasteiger partial charge in [0, 0.05) is 17.6 Å². The highest BCUT2D eigenvalue weighted by molar-refractivity contribution is 6.30. The molecule has 3 heteroatoms. The first kappa shape index (κ1) is 13.5. The molecule has 1 aromatic carbocycles. The minimum Gasteiger partial charge on any atom is -0.389 e. The molecule has 0 fully saturated rings. The van der Waals surface area contributed by atoms with E-state index in [-0.39, 0.29) is 6.04 Å². The van der Waals surface area contributed by atoms with Crippen molar-refractivity contribution in [3.05, 3.63) is 34.9 Å². The average molecular weight is 242 g/mol. The molecule has 1 aromatic rings. The molecular formula is C13H20ClNO. The lowest BCUT2D eigenvalue weighted by Crippen LogP contribution is -2.36. The topological polar surface area (TPSA) is 32.3 Å². The van der Waals surface area contributed by atoms with Gasteiger partial charge in [0.25, 0.3) is 0 Å². The summed E-state index contributed by atoms with van der Waals surface area (Å²) in [5, 5.41) is 13.8. The largest absolute Gasteiger partial charge is 0.389 e. The van der Waals surface area contributed by atoms with Gasteiger partial charge in [-0.15, -0.1) is 0 Å². The highest BCUT2D eigenvalue weighted by Gasteiger charge is 2.15. The van der Waals surface area contributed by atoms with E-state index >= 15 is 0 Å². The second-order valence-electron chi connectivity index (χ2n) is 4.71. The van der Waals surface area contributed by atoms with E-state index in [1.54, 1.807) is 13.8 Å². The lowest BCUT2D eigenvalue weighted by Gasteiger charge is -2.23. The molecule has 1 rings (SSSR count). The molecule has 0 aliphatic carbocycles. The van der Waals surface area contributed by atoms with Gasteiger partial charge in [-0.1, -0.05) is 30.7 Å². The maximum absolute atomic E-state index is 9.67. The summed E-state index contributed by atoms with van der Waals surface area (Å²) in [6.07, 6.45) is 0.984. The Hall–Kier alpha value is -0.570. The summed E-state index contributed by atoms with van der Waals surface area (Å²) in [7, 11) is 0. The van der Waals surface area contributed by atoms with Crippen LogP contribution in [0.15, 0.2) is 24.3 Å². The maximum atomic E-state index is 9.67. The molecule has 0 aliphatic rings. The van der Waals surface area contributed by atoms with Gasteiger partial charge in [0.1, 0.15) is 0 Å². The van der Waals surface area contributed by atoms with Gasteiger partial charge in [-0.05, 0) is 38.0 Å². The van der Waals surface area contributed by atoms with Crippen molar-refractivity contribution in [2.75, 3.05) is 6.54 Å². The zero-order chi connectivity index (χ0) is 12.2. The van der Waals surface area contributed by atoms with Crippen LogP contribution >= 0.6 is 11.6 Å². The van der Waals surface area contributed by atoms with Crippen molar-refractivity contribution in [3.63, 3.8) is 0 Å². The van der Waals surface area contributed by atoms with Crippen LogP contribution in [0.1, 0.15) is 38.8 Å². The molecule has 0 heterocycles. The molecule has 0 aromatic heterocycles. The molecule has 2 N–H and O–H groups in total. The Labute approximate surface area is 103 Å². The molecular weight excluding hydrogens is 222 g/mol. The second-order valence-corrected chi connectivity index (χ2v) is 5.14. The quantitative estimate of drug-likeness (QED) is 0.830. The zero-order valence-electron chi connectivity index (χ0n) is 10.1. The standard InChI is InChI=1S/C13H20ClNO/c1-4-12(15-9-13(2,3)16)10-5-7-11(14)8-6-10/h5-8,12,15-16H,4,9H2,1-3H3. The molecule has 90 valence electrons. The number of nitrogens with one attached hydrogen (secondary N) is 1. The molecule has 0 bridgehead atoms. The monoisotopic (exact) mass is 241 g/mol. The summed E-state index contributed by atoms with van der Waals surface area (Å²) in [4.78, 5) is 0. The van der Waals surface area contributed by atoms with Crippen molar-refractivity contribution in [1.29, 1.82) is 0 Å². The lowest BCUT2D eigenvalue weighted by atomic mass is 10.0. The van der Waals surface area contributed by atoms with Crippen molar-refractivity contribution in [2.24, 2.45) is 0 Å². The third-order valence-electron chi connectivity index (χ3n) is 2.46. The van der Waals surface area contributed by atoms with Crippen molar-refractivity contribution < 1.29 is 5.11 Å². The Bertz CT molecular complexity index is 316. The van der Waals surface area contributed by atoms with Crippen LogP contribution in [0.4, 0.5) is 0 Å². The molecule has 0 aliphatic heterocycles. The van der Waals surface area contributed by atoms with Crippen molar-refractivity contribution >= 4 is 11.6 Å². The van der Waals surface area contributed by atoms with Gasteiger partial charge in [-0.2, -0.15) is 0 Å². The average Bonchev–Trinajstić information content (AvgIpc) is 2.20. The first-order valence-electron chi connectivity index (χ1n) is 5.63. The number of halogens is 1. The zero-order valence-corrected chi connectivity index (χ0v) is 10.9. The number of aliphatic hydroxyl groups is 1. The summed E-state index contributed by atoms with van der Waals surface area (Å²) >= 11 is 5.85. The summed E-state index contributed by atoms with van der Waals surface area (Å²) in [6.45, 7) is 6.30.